The van der Waals surface area contributed by atoms with E-state index in [9.17, 15) is 10.1 Å². The van der Waals surface area contributed by atoms with Crippen LogP contribution in [-0.4, -0.2) is 31.9 Å². The number of thioether (sulfide) groups is 1. The number of rotatable bonds is 6. The third-order valence-corrected chi connectivity index (χ3v) is 5.70. The maximum absolute atomic E-state index is 11.1. The highest BCUT2D eigenvalue weighted by atomic mass is 32.2. The standard InChI is InChI=1S/C17H14N4O3S2/c1-11-6-7-12(21(22)23)14(10-11)24-8-9-25-16-18-19-17-20(16)13-4-2-3-5-15(13)26-17/h2-7,10H,8-9H2,1H3. The van der Waals surface area contributed by atoms with E-state index in [1.807, 2.05) is 29.5 Å². The molecule has 132 valence electrons. The average molecular weight is 386 g/mol. The lowest BCUT2D eigenvalue weighted by atomic mass is 10.2. The molecule has 26 heavy (non-hydrogen) atoms. The lowest BCUT2D eigenvalue weighted by Gasteiger charge is -2.07. The molecule has 0 amide bonds. The highest BCUT2D eigenvalue weighted by Gasteiger charge is 2.16. The molecule has 2 aromatic carbocycles. The molecule has 0 aliphatic heterocycles. The van der Waals surface area contributed by atoms with Gasteiger partial charge in [-0.15, -0.1) is 10.2 Å². The van der Waals surface area contributed by atoms with Gasteiger partial charge >= 0.3 is 5.69 Å². The first-order valence-corrected chi connectivity index (χ1v) is 9.67. The lowest BCUT2D eigenvalue weighted by molar-refractivity contribution is -0.385. The molecule has 0 bridgehead atoms. The number of benzene rings is 2. The number of para-hydroxylation sites is 1. The lowest BCUT2D eigenvalue weighted by Crippen LogP contribution is -2.03. The average Bonchev–Trinajstić information content (AvgIpc) is 3.18. The van der Waals surface area contributed by atoms with Crippen LogP contribution in [0.1, 0.15) is 5.56 Å². The second kappa shape index (κ2) is 6.93. The second-order valence-corrected chi connectivity index (χ2v) is 7.67. The number of aryl methyl sites for hydroxylation is 1. The summed E-state index contributed by atoms with van der Waals surface area (Å²) < 4.78 is 8.83. The number of fused-ring (bicyclic) bond motifs is 3. The minimum atomic E-state index is -0.429. The predicted molar refractivity (Wildman–Crippen MR) is 102 cm³/mol. The minimum Gasteiger partial charge on any atom is -0.486 e. The molecular weight excluding hydrogens is 372 g/mol. The Labute approximate surface area is 156 Å². The van der Waals surface area contributed by atoms with Crippen molar-refractivity contribution in [3.63, 3.8) is 0 Å². The van der Waals surface area contributed by atoms with Crippen LogP contribution in [0, 0.1) is 17.0 Å². The van der Waals surface area contributed by atoms with E-state index in [4.69, 9.17) is 4.74 Å². The first-order chi connectivity index (χ1) is 12.6. The van der Waals surface area contributed by atoms with Gasteiger partial charge in [0.2, 0.25) is 4.96 Å². The van der Waals surface area contributed by atoms with E-state index in [0.29, 0.717) is 18.1 Å². The summed E-state index contributed by atoms with van der Waals surface area (Å²) in [4.78, 5) is 11.5. The molecule has 4 aromatic rings. The number of nitro benzene ring substituents is 1. The number of aromatic nitrogens is 3. The summed E-state index contributed by atoms with van der Waals surface area (Å²) in [5, 5.41) is 20.3. The van der Waals surface area contributed by atoms with Crippen molar-refractivity contribution in [3.05, 3.63) is 58.1 Å². The summed E-state index contributed by atoms with van der Waals surface area (Å²) in [5.41, 5.74) is 1.98. The molecule has 0 aliphatic rings. The van der Waals surface area contributed by atoms with E-state index in [1.54, 1.807) is 23.5 Å². The van der Waals surface area contributed by atoms with Crippen molar-refractivity contribution in [3.8, 4) is 5.75 Å². The zero-order chi connectivity index (χ0) is 18.1. The Balaban J connectivity index is 1.47. The number of thiazole rings is 1. The van der Waals surface area contributed by atoms with Crippen LogP contribution >= 0.6 is 23.1 Å². The van der Waals surface area contributed by atoms with E-state index in [-0.39, 0.29) is 5.69 Å². The molecule has 7 nitrogen and oxygen atoms in total. The summed E-state index contributed by atoms with van der Waals surface area (Å²) in [6, 6.07) is 12.9. The fourth-order valence-corrected chi connectivity index (χ4v) is 4.41. The third-order valence-electron chi connectivity index (χ3n) is 3.80. The molecular formula is C17H14N4O3S2. The van der Waals surface area contributed by atoms with E-state index >= 15 is 0 Å². The molecule has 0 saturated heterocycles. The van der Waals surface area contributed by atoms with Gasteiger partial charge in [0, 0.05) is 11.8 Å². The molecule has 0 unspecified atom stereocenters. The van der Waals surface area contributed by atoms with Crippen molar-refractivity contribution in [1.82, 2.24) is 14.6 Å². The van der Waals surface area contributed by atoms with Gasteiger partial charge in [-0.3, -0.25) is 14.5 Å². The Hall–Kier alpha value is -2.65. The molecule has 2 aromatic heterocycles. The summed E-state index contributed by atoms with van der Waals surface area (Å²) >= 11 is 3.11. The molecule has 0 saturated carbocycles. The van der Waals surface area contributed by atoms with E-state index in [2.05, 4.69) is 16.3 Å². The van der Waals surface area contributed by atoms with Crippen LogP contribution in [-0.2, 0) is 0 Å². The Kier molecular flexibility index (Phi) is 4.48. The van der Waals surface area contributed by atoms with Crippen molar-refractivity contribution in [2.24, 2.45) is 0 Å². The van der Waals surface area contributed by atoms with Crippen molar-refractivity contribution in [2.75, 3.05) is 12.4 Å². The van der Waals surface area contributed by atoms with Gasteiger partial charge in [-0.05, 0) is 30.7 Å². The zero-order valence-corrected chi connectivity index (χ0v) is 15.4. The smallest absolute Gasteiger partial charge is 0.310 e. The van der Waals surface area contributed by atoms with Gasteiger partial charge in [-0.25, -0.2) is 0 Å². The SMILES string of the molecule is Cc1ccc([N+](=O)[O-])c(OCCSc2nnc3sc4ccccc4n23)c1. The van der Waals surface area contributed by atoms with Gasteiger partial charge in [-0.2, -0.15) is 0 Å². The molecule has 0 N–H and O–H groups in total. The van der Waals surface area contributed by atoms with Gasteiger partial charge in [0.05, 0.1) is 21.7 Å². The van der Waals surface area contributed by atoms with Crippen molar-refractivity contribution >= 4 is 44.0 Å². The topological polar surface area (TPSA) is 82.6 Å². The molecule has 9 heteroatoms. The van der Waals surface area contributed by atoms with Crippen LogP contribution in [0.3, 0.4) is 0 Å². The van der Waals surface area contributed by atoms with Gasteiger partial charge in [0.1, 0.15) is 0 Å². The number of nitro groups is 1. The van der Waals surface area contributed by atoms with E-state index in [0.717, 1.165) is 25.9 Å². The Morgan fingerprint density at radius 1 is 1.27 bits per heavy atom. The summed E-state index contributed by atoms with van der Waals surface area (Å²) in [6.45, 7) is 2.21. The van der Waals surface area contributed by atoms with Gasteiger partial charge in [-0.1, -0.05) is 41.3 Å². The zero-order valence-electron chi connectivity index (χ0n) is 13.8. The molecule has 2 heterocycles. The Morgan fingerprint density at radius 3 is 2.96 bits per heavy atom. The molecule has 4 rings (SSSR count). The summed E-state index contributed by atoms with van der Waals surface area (Å²) in [5.74, 6) is 0.902. The van der Waals surface area contributed by atoms with Crippen LogP contribution in [0.25, 0.3) is 15.2 Å². The predicted octanol–water partition coefficient (Wildman–Crippen LogP) is 4.33. The second-order valence-electron chi connectivity index (χ2n) is 5.60. The Morgan fingerprint density at radius 2 is 2.12 bits per heavy atom. The first kappa shape index (κ1) is 16.8. The first-order valence-electron chi connectivity index (χ1n) is 7.87. The van der Waals surface area contributed by atoms with Crippen molar-refractivity contribution in [2.45, 2.75) is 12.1 Å². The fraction of sp³-hybridized carbons (Fsp3) is 0.176. The highest BCUT2D eigenvalue weighted by Crippen LogP contribution is 2.30. The monoisotopic (exact) mass is 386 g/mol. The van der Waals surface area contributed by atoms with Gasteiger partial charge in [0.25, 0.3) is 0 Å². The molecule has 0 radical (unpaired) electrons. The molecule has 0 atom stereocenters. The number of ether oxygens (including phenoxy) is 1. The van der Waals surface area contributed by atoms with Crippen LogP contribution < -0.4 is 4.74 Å². The largest absolute Gasteiger partial charge is 0.486 e. The van der Waals surface area contributed by atoms with E-state index < -0.39 is 4.92 Å². The maximum Gasteiger partial charge on any atom is 0.310 e. The van der Waals surface area contributed by atoms with E-state index in [1.165, 1.54) is 17.8 Å². The number of hydrogen-bond acceptors (Lipinski definition) is 7. The summed E-state index contributed by atoms with van der Waals surface area (Å²) in [7, 11) is 0. The van der Waals surface area contributed by atoms with Crippen molar-refractivity contribution < 1.29 is 9.66 Å². The number of hydrogen-bond donors (Lipinski definition) is 0. The summed E-state index contributed by atoms with van der Waals surface area (Å²) in [6.07, 6.45) is 0. The Bertz CT molecular complexity index is 1110. The quantitative estimate of drug-likeness (QED) is 0.212. The van der Waals surface area contributed by atoms with Crippen LogP contribution in [0.5, 0.6) is 5.75 Å². The minimum absolute atomic E-state index is 0.0192. The molecule has 0 spiro atoms. The molecule has 0 aliphatic carbocycles. The van der Waals surface area contributed by atoms with Crippen LogP contribution in [0.2, 0.25) is 0 Å². The number of nitrogens with zero attached hydrogens (tertiary/aromatic N) is 4. The van der Waals surface area contributed by atoms with Gasteiger partial charge < -0.3 is 4.74 Å². The maximum atomic E-state index is 11.1. The third kappa shape index (κ3) is 3.11. The molecule has 0 fully saturated rings. The van der Waals surface area contributed by atoms with Crippen LogP contribution in [0.4, 0.5) is 5.69 Å². The highest BCUT2D eigenvalue weighted by molar-refractivity contribution is 7.99. The normalized spacial score (nSPS) is 11.3. The van der Waals surface area contributed by atoms with Crippen molar-refractivity contribution in [1.29, 1.82) is 0 Å². The van der Waals surface area contributed by atoms with Crippen LogP contribution in [0.15, 0.2) is 47.6 Å². The fourth-order valence-electron chi connectivity index (χ4n) is 2.62. The van der Waals surface area contributed by atoms with Gasteiger partial charge in [0.15, 0.2) is 10.9 Å².